The van der Waals surface area contributed by atoms with E-state index in [1.165, 1.54) is 18.2 Å². The summed E-state index contributed by atoms with van der Waals surface area (Å²) in [7, 11) is -4.27. The fourth-order valence-electron chi connectivity index (χ4n) is 4.56. The number of Topliss-reactive ketones (excluding diaryl/α,β-unsaturated/α-hetero) is 1. The first-order chi connectivity index (χ1) is 17.4. The van der Waals surface area contributed by atoms with Gasteiger partial charge in [-0.15, -0.1) is 0 Å². The molecule has 8 nitrogen and oxygen atoms in total. The van der Waals surface area contributed by atoms with Crippen LogP contribution in [0.2, 0.25) is 0 Å². The lowest BCUT2D eigenvalue weighted by molar-refractivity contribution is -0.131. The summed E-state index contributed by atoms with van der Waals surface area (Å²) in [5.41, 5.74) is 0.888. The number of hydrogen-bond donors (Lipinski definition) is 1. The Morgan fingerprint density at radius 3 is 2.06 bits per heavy atom. The second-order valence-electron chi connectivity index (χ2n) is 8.60. The molecule has 9 heteroatoms. The molecule has 0 aliphatic carbocycles. The largest absolute Gasteiger partial charge is 0.505 e. The number of carbonyl (C=O) groups is 2. The van der Waals surface area contributed by atoms with Gasteiger partial charge in [0.15, 0.2) is 5.76 Å². The number of piperazine rings is 1. The molecule has 0 radical (unpaired) electrons. The van der Waals surface area contributed by atoms with Gasteiger partial charge in [0, 0.05) is 43.0 Å². The molecule has 2 aliphatic heterocycles. The lowest BCUT2D eigenvalue weighted by Crippen LogP contribution is -2.52. The molecule has 0 bridgehead atoms. The Morgan fingerprint density at radius 1 is 0.806 bits per heavy atom. The van der Waals surface area contributed by atoms with Gasteiger partial charge in [-0.25, -0.2) is 12.7 Å². The Morgan fingerprint density at radius 2 is 1.39 bits per heavy atom. The average Bonchev–Trinajstić information content (AvgIpc) is 2.93. The maximum atomic E-state index is 13.6. The van der Waals surface area contributed by atoms with Crippen molar-refractivity contribution in [1.82, 2.24) is 9.21 Å². The van der Waals surface area contributed by atoms with E-state index < -0.39 is 39.7 Å². The third-order valence-electron chi connectivity index (χ3n) is 6.47. The van der Waals surface area contributed by atoms with E-state index in [2.05, 4.69) is 4.90 Å². The van der Waals surface area contributed by atoms with Crippen LogP contribution in [0.3, 0.4) is 0 Å². The van der Waals surface area contributed by atoms with Crippen molar-refractivity contribution in [2.45, 2.75) is 4.90 Å². The number of rotatable bonds is 4. The monoisotopic (exact) mass is 503 g/mol. The molecular formula is C27H25N3O5S. The normalized spacial score (nSPS) is 18.6. The van der Waals surface area contributed by atoms with E-state index in [1.807, 2.05) is 30.3 Å². The first-order valence-corrected chi connectivity index (χ1v) is 13.0. The van der Waals surface area contributed by atoms with Gasteiger partial charge in [0.05, 0.1) is 4.90 Å². The van der Waals surface area contributed by atoms with E-state index in [-0.39, 0.29) is 16.0 Å². The lowest BCUT2D eigenvalue weighted by Gasteiger charge is -2.38. The van der Waals surface area contributed by atoms with E-state index in [4.69, 9.17) is 0 Å². The SMILES string of the molecule is O=C1C(=C(O)c2ccccc2)N(CC(=O)N2CCN(c3ccccc3)CC2)S(=O)(=O)c2ccccc21. The molecule has 2 aliphatic rings. The molecule has 0 aromatic heterocycles. The van der Waals surface area contributed by atoms with E-state index in [9.17, 15) is 23.1 Å². The molecule has 36 heavy (non-hydrogen) atoms. The number of para-hydroxylation sites is 1. The highest BCUT2D eigenvalue weighted by molar-refractivity contribution is 7.89. The third-order valence-corrected chi connectivity index (χ3v) is 8.27. The lowest BCUT2D eigenvalue weighted by atomic mass is 10.0. The summed E-state index contributed by atoms with van der Waals surface area (Å²) in [6.07, 6.45) is 0. The number of nitrogens with zero attached hydrogens (tertiary/aromatic N) is 3. The van der Waals surface area contributed by atoms with Gasteiger partial charge >= 0.3 is 0 Å². The number of fused-ring (bicyclic) bond motifs is 1. The molecule has 1 saturated heterocycles. The van der Waals surface area contributed by atoms with Crippen LogP contribution in [0.25, 0.3) is 5.76 Å². The quantitative estimate of drug-likeness (QED) is 0.434. The number of benzene rings is 3. The Labute approximate surface area is 209 Å². The summed E-state index contributed by atoms with van der Waals surface area (Å²) in [5, 5.41) is 11.0. The van der Waals surface area contributed by atoms with Crippen molar-refractivity contribution in [3.8, 4) is 0 Å². The second-order valence-corrected chi connectivity index (χ2v) is 10.4. The van der Waals surface area contributed by atoms with Crippen LogP contribution in [0.15, 0.2) is 95.5 Å². The first kappa shape index (κ1) is 23.6. The number of sulfonamides is 1. The summed E-state index contributed by atoms with van der Waals surface area (Å²) in [6, 6.07) is 23.9. The number of amides is 1. The number of carbonyl (C=O) groups excluding carboxylic acids is 2. The van der Waals surface area contributed by atoms with Gasteiger partial charge in [0.2, 0.25) is 11.7 Å². The predicted octanol–water partition coefficient (Wildman–Crippen LogP) is 3.15. The molecular weight excluding hydrogens is 478 g/mol. The van der Waals surface area contributed by atoms with Gasteiger partial charge in [0.25, 0.3) is 10.0 Å². The molecule has 0 saturated carbocycles. The Balaban J connectivity index is 1.46. The Hall–Kier alpha value is -4.11. The minimum atomic E-state index is -4.27. The molecule has 0 atom stereocenters. The standard InChI is InChI=1S/C27H25N3O5S/c31-24(29-17-15-28(16-18-29)21-11-5-2-6-12-21)19-30-25(26(32)20-9-3-1-4-10-20)27(33)22-13-7-8-14-23(22)36(30,34)35/h1-14,32H,15-19H2. The molecule has 3 aromatic carbocycles. The zero-order chi connectivity index (χ0) is 25.3. The fraction of sp³-hybridized carbons (Fsp3) is 0.185. The van der Waals surface area contributed by atoms with Crippen LogP contribution in [0, 0.1) is 0 Å². The number of anilines is 1. The van der Waals surface area contributed by atoms with E-state index in [1.54, 1.807) is 41.3 Å². The van der Waals surface area contributed by atoms with Crippen LogP contribution in [-0.2, 0) is 14.8 Å². The number of aliphatic hydroxyl groups is 1. The number of hydrogen-bond acceptors (Lipinski definition) is 6. The fourth-order valence-corrected chi connectivity index (χ4v) is 6.17. The molecule has 2 heterocycles. The zero-order valence-corrected chi connectivity index (χ0v) is 20.3. The van der Waals surface area contributed by atoms with Crippen LogP contribution < -0.4 is 4.90 Å². The number of allylic oxidation sites excluding steroid dienone is 1. The van der Waals surface area contributed by atoms with Gasteiger partial charge in [-0.3, -0.25) is 9.59 Å². The molecule has 1 N–H and O–H groups in total. The third kappa shape index (κ3) is 4.22. The zero-order valence-electron chi connectivity index (χ0n) is 19.4. The number of ketones is 1. The summed E-state index contributed by atoms with van der Waals surface area (Å²) in [4.78, 5) is 30.3. The molecule has 5 rings (SSSR count). The highest BCUT2D eigenvalue weighted by Crippen LogP contribution is 2.35. The van der Waals surface area contributed by atoms with Gasteiger partial charge in [-0.1, -0.05) is 60.7 Å². The molecule has 0 spiro atoms. The highest BCUT2D eigenvalue weighted by atomic mass is 32.2. The van der Waals surface area contributed by atoms with Gasteiger partial charge in [-0.05, 0) is 24.3 Å². The van der Waals surface area contributed by atoms with Gasteiger partial charge in [-0.2, -0.15) is 0 Å². The number of aliphatic hydroxyl groups excluding tert-OH is 1. The Bertz CT molecular complexity index is 1430. The Kier molecular flexibility index (Phi) is 6.24. The van der Waals surface area contributed by atoms with E-state index >= 15 is 0 Å². The van der Waals surface area contributed by atoms with Gasteiger partial charge < -0.3 is 14.9 Å². The van der Waals surface area contributed by atoms with Gasteiger partial charge in [0.1, 0.15) is 12.2 Å². The van der Waals surface area contributed by atoms with Crippen LogP contribution in [-0.4, -0.2) is 67.1 Å². The molecule has 1 amide bonds. The minimum absolute atomic E-state index is 0.0323. The smallest absolute Gasteiger partial charge is 0.265 e. The van der Waals surface area contributed by atoms with Crippen LogP contribution in [0.4, 0.5) is 5.69 Å². The van der Waals surface area contributed by atoms with Crippen molar-refractivity contribution >= 4 is 33.2 Å². The summed E-state index contributed by atoms with van der Waals surface area (Å²) < 4.78 is 28.0. The van der Waals surface area contributed by atoms with Crippen LogP contribution >= 0.6 is 0 Å². The van der Waals surface area contributed by atoms with E-state index in [0.29, 0.717) is 26.2 Å². The molecule has 3 aromatic rings. The average molecular weight is 504 g/mol. The second kappa shape index (κ2) is 9.50. The molecule has 1 fully saturated rings. The maximum Gasteiger partial charge on any atom is 0.265 e. The predicted molar refractivity (Wildman–Crippen MR) is 136 cm³/mol. The minimum Gasteiger partial charge on any atom is -0.505 e. The van der Waals surface area contributed by atoms with Crippen molar-refractivity contribution in [1.29, 1.82) is 0 Å². The summed E-state index contributed by atoms with van der Waals surface area (Å²) >= 11 is 0. The highest BCUT2D eigenvalue weighted by Gasteiger charge is 2.43. The molecule has 0 unspecified atom stereocenters. The topological polar surface area (TPSA) is 98.2 Å². The van der Waals surface area contributed by atoms with Crippen molar-refractivity contribution < 1.29 is 23.1 Å². The van der Waals surface area contributed by atoms with Crippen molar-refractivity contribution in [2.75, 3.05) is 37.6 Å². The van der Waals surface area contributed by atoms with Crippen molar-refractivity contribution in [2.24, 2.45) is 0 Å². The van der Waals surface area contributed by atoms with E-state index in [0.717, 1.165) is 9.99 Å². The first-order valence-electron chi connectivity index (χ1n) is 11.6. The summed E-state index contributed by atoms with van der Waals surface area (Å²) in [5.74, 6) is -1.57. The summed E-state index contributed by atoms with van der Waals surface area (Å²) in [6.45, 7) is 1.44. The van der Waals surface area contributed by atoms with Crippen LogP contribution in [0.5, 0.6) is 0 Å². The van der Waals surface area contributed by atoms with Crippen molar-refractivity contribution in [3.05, 3.63) is 102 Å². The maximum absolute atomic E-state index is 13.6. The molecule has 184 valence electrons. The van der Waals surface area contributed by atoms with Crippen LogP contribution in [0.1, 0.15) is 15.9 Å². The van der Waals surface area contributed by atoms with Crippen molar-refractivity contribution in [3.63, 3.8) is 0 Å².